The summed E-state index contributed by atoms with van der Waals surface area (Å²) in [5.74, 6) is 0.402. The summed E-state index contributed by atoms with van der Waals surface area (Å²) in [5.41, 5.74) is 24.6. The maximum Gasteiger partial charge on any atom is 0.177 e. The van der Waals surface area contributed by atoms with Gasteiger partial charge in [-0.25, -0.2) is 0 Å². The van der Waals surface area contributed by atoms with Crippen molar-refractivity contribution < 1.29 is 14.2 Å². The van der Waals surface area contributed by atoms with Gasteiger partial charge in [-0.3, -0.25) is 0 Å². The van der Waals surface area contributed by atoms with E-state index in [9.17, 15) is 0 Å². The third kappa shape index (κ3) is 3.71. The van der Waals surface area contributed by atoms with Gasteiger partial charge >= 0.3 is 0 Å². The first-order valence-corrected chi connectivity index (χ1v) is 8.74. The molecule has 7 nitrogen and oxygen atoms in total. The van der Waals surface area contributed by atoms with Crippen LogP contribution in [0.3, 0.4) is 0 Å². The molecule has 0 aliphatic carbocycles. The van der Waals surface area contributed by atoms with Gasteiger partial charge in [0.2, 0.25) is 0 Å². The van der Waals surface area contributed by atoms with Gasteiger partial charge in [-0.1, -0.05) is 27.7 Å². The molecule has 2 heterocycles. The minimum absolute atomic E-state index is 0.0271. The van der Waals surface area contributed by atoms with Gasteiger partial charge in [0.1, 0.15) is 0 Å². The van der Waals surface area contributed by atoms with Crippen molar-refractivity contribution in [3.63, 3.8) is 0 Å². The number of ether oxygens (including phenoxy) is 3. The van der Waals surface area contributed by atoms with E-state index in [0.29, 0.717) is 6.54 Å². The summed E-state index contributed by atoms with van der Waals surface area (Å²) in [7, 11) is 0. The summed E-state index contributed by atoms with van der Waals surface area (Å²) < 4.78 is 18.1. The largest absolute Gasteiger partial charge is 0.347 e. The van der Waals surface area contributed by atoms with Gasteiger partial charge in [0.05, 0.1) is 18.2 Å². The van der Waals surface area contributed by atoms with E-state index in [-0.39, 0.29) is 42.0 Å². The van der Waals surface area contributed by atoms with Gasteiger partial charge in [-0.05, 0) is 18.3 Å². The Labute approximate surface area is 139 Å². The number of rotatable bonds is 4. The molecule has 136 valence electrons. The van der Waals surface area contributed by atoms with Crippen LogP contribution in [-0.2, 0) is 14.2 Å². The molecule has 0 aromatic rings. The Morgan fingerprint density at radius 1 is 0.783 bits per heavy atom. The monoisotopic (exact) mass is 330 g/mol. The molecule has 23 heavy (non-hydrogen) atoms. The SMILES string of the molecule is CCC1OC(OC2OC(CN)C(C)C(N)C2C)C(N)C(N)C1C. The molecule has 10 atom stereocenters. The van der Waals surface area contributed by atoms with Crippen molar-refractivity contribution in [2.75, 3.05) is 6.54 Å². The Hall–Kier alpha value is -0.280. The molecule has 0 aromatic carbocycles. The molecule has 2 saturated heterocycles. The smallest absolute Gasteiger partial charge is 0.177 e. The lowest BCUT2D eigenvalue weighted by Gasteiger charge is -2.47. The summed E-state index contributed by atoms with van der Waals surface area (Å²) >= 11 is 0. The zero-order chi connectivity index (χ0) is 17.3. The average Bonchev–Trinajstić information content (AvgIpc) is 2.55. The first kappa shape index (κ1) is 19.1. The van der Waals surface area contributed by atoms with E-state index < -0.39 is 18.6 Å². The molecule has 0 saturated carbocycles. The van der Waals surface area contributed by atoms with Crippen molar-refractivity contribution in [3.8, 4) is 0 Å². The number of hydrogen-bond acceptors (Lipinski definition) is 7. The topological polar surface area (TPSA) is 132 Å². The minimum Gasteiger partial charge on any atom is -0.347 e. The first-order valence-electron chi connectivity index (χ1n) is 8.74. The highest BCUT2D eigenvalue weighted by atomic mass is 16.8. The highest BCUT2D eigenvalue weighted by Crippen LogP contribution is 2.33. The van der Waals surface area contributed by atoms with Crippen LogP contribution in [0.15, 0.2) is 0 Å². The molecule has 0 amide bonds. The summed E-state index contributed by atoms with van der Waals surface area (Å²) in [6, 6.07) is -0.609. The van der Waals surface area contributed by atoms with Crippen molar-refractivity contribution in [1.82, 2.24) is 0 Å². The van der Waals surface area contributed by atoms with Crippen LogP contribution in [0, 0.1) is 17.8 Å². The molecule has 0 spiro atoms. The maximum atomic E-state index is 6.31. The molecule has 10 unspecified atom stereocenters. The summed E-state index contributed by atoms with van der Waals surface area (Å²) in [5, 5.41) is 0. The second-order valence-corrected chi connectivity index (χ2v) is 7.18. The van der Waals surface area contributed by atoms with E-state index >= 15 is 0 Å². The van der Waals surface area contributed by atoms with E-state index in [2.05, 4.69) is 20.8 Å². The zero-order valence-corrected chi connectivity index (χ0v) is 14.7. The predicted molar refractivity (Wildman–Crippen MR) is 89.2 cm³/mol. The fraction of sp³-hybridized carbons (Fsp3) is 1.00. The van der Waals surface area contributed by atoms with Gasteiger partial charge in [0, 0.05) is 24.5 Å². The lowest BCUT2D eigenvalue weighted by atomic mass is 9.84. The Balaban J connectivity index is 2.07. The summed E-state index contributed by atoms with van der Waals surface area (Å²) in [4.78, 5) is 0. The maximum absolute atomic E-state index is 6.31. The molecule has 0 bridgehead atoms. The van der Waals surface area contributed by atoms with Crippen LogP contribution in [0.1, 0.15) is 34.1 Å². The van der Waals surface area contributed by atoms with Crippen molar-refractivity contribution in [3.05, 3.63) is 0 Å². The Morgan fingerprint density at radius 3 is 1.91 bits per heavy atom. The molecule has 2 rings (SSSR count). The quantitative estimate of drug-likeness (QED) is 0.557. The Bertz CT molecular complexity index is 348. The number of hydrogen-bond donors (Lipinski definition) is 4. The molecule has 7 heteroatoms. The van der Waals surface area contributed by atoms with Crippen LogP contribution < -0.4 is 22.9 Å². The van der Waals surface area contributed by atoms with Gasteiger partial charge in [0.25, 0.3) is 0 Å². The molecule has 2 fully saturated rings. The van der Waals surface area contributed by atoms with Crippen LogP contribution in [0.5, 0.6) is 0 Å². The highest BCUT2D eigenvalue weighted by molar-refractivity contribution is 4.93. The average molecular weight is 330 g/mol. The van der Waals surface area contributed by atoms with Crippen LogP contribution >= 0.6 is 0 Å². The fourth-order valence-corrected chi connectivity index (χ4v) is 3.64. The van der Waals surface area contributed by atoms with Crippen molar-refractivity contribution in [2.45, 2.75) is 77.0 Å². The number of nitrogens with two attached hydrogens (primary N) is 4. The fourth-order valence-electron chi connectivity index (χ4n) is 3.64. The van der Waals surface area contributed by atoms with Crippen LogP contribution in [0.2, 0.25) is 0 Å². The van der Waals surface area contributed by atoms with E-state index in [1.54, 1.807) is 0 Å². The minimum atomic E-state index is -0.586. The van der Waals surface area contributed by atoms with Crippen LogP contribution in [-0.4, -0.2) is 49.5 Å². The summed E-state index contributed by atoms with van der Waals surface area (Å²) in [6.07, 6.45) is -0.293. The summed E-state index contributed by atoms with van der Waals surface area (Å²) in [6.45, 7) is 8.63. The molecule has 0 aromatic heterocycles. The lowest BCUT2D eigenvalue weighted by Crippen LogP contribution is -2.64. The second-order valence-electron chi connectivity index (χ2n) is 7.18. The Morgan fingerprint density at radius 2 is 1.35 bits per heavy atom. The molecule has 8 N–H and O–H groups in total. The van der Waals surface area contributed by atoms with Crippen molar-refractivity contribution >= 4 is 0 Å². The van der Waals surface area contributed by atoms with Gasteiger partial charge in [-0.2, -0.15) is 0 Å². The second kappa shape index (κ2) is 7.74. The highest BCUT2D eigenvalue weighted by Gasteiger charge is 2.45. The molecule has 2 aliphatic heterocycles. The normalized spacial score (nSPS) is 51.7. The zero-order valence-electron chi connectivity index (χ0n) is 14.7. The van der Waals surface area contributed by atoms with Gasteiger partial charge in [0.15, 0.2) is 12.6 Å². The third-order valence-corrected chi connectivity index (χ3v) is 5.70. The molecular weight excluding hydrogens is 296 g/mol. The molecule has 0 radical (unpaired) electrons. The van der Waals surface area contributed by atoms with Crippen LogP contribution in [0.4, 0.5) is 0 Å². The van der Waals surface area contributed by atoms with Crippen molar-refractivity contribution in [2.24, 2.45) is 40.7 Å². The standard InChI is InChI=1S/C16H34N4O3/c1-5-10-7(2)13(19)14(20)16(21-10)23-15-9(4)12(18)8(3)11(6-17)22-15/h7-16H,5-6,17-20H2,1-4H3. The Kier molecular flexibility index (Phi) is 6.41. The van der Waals surface area contributed by atoms with E-state index in [1.165, 1.54) is 0 Å². The van der Waals surface area contributed by atoms with Crippen LogP contribution in [0.25, 0.3) is 0 Å². The van der Waals surface area contributed by atoms with E-state index in [1.807, 2.05) is 6.92 Å². The third-order valence-electron chi connectivity index (χ3n) is 5.70. The van der Waals surface area contributed by atoms with E-state index in [0.717, 1.165) is 6.42 Å². The van der Waals surface area contributed by atoms with Crippen molar-refractivity contribution in [1.29, 1.82) is 0 Å². The predicted octanol–water partition coefficient (Wildman–Crippen LogP) is -0.288. The van der Waals surface area contributed by atoms with Gasteiger partial charge in [-0.15, -0.1) is 0 Å². The molecular formula is C16H34N4O3. The van der Waals surface area contributed by atoms with E-state index in [4.69, 9.17) is 37.1 Å². The van der Waals surface area contributed by atoms with Gasteiger partial charge < -0.3 is 37.1 Å². The lowest BCUT2D eigenvalue weighted by molar-refractivity contribution is -0.321. The molecule has 2 aliphatic rings. The first-order chi connectivity index (χ1) is 10.8.